The van der Waals surface area contributed by atoms with Gasteiger partial charge in [-0.2, -0.15) is 13.2 Å². The van der Waals surface area contributed by atoms with E-state index in [4.69, 9.17) is 0 Å². The average molecular weight is 337 g/mol. The number of hydrogen-bond acceptors (Lipinski definition) is 2. The van der Waals surface area contributed by atoms with Crippen LogP contribution in [0.1, 0.15) is 29.9 Å². The molecule has 22 heavy (non-hydrogen) atoms. The van der Waals surface area contributed by atoms with Gasteiger partial charge >= 0.3 is 6.18 Å². The van der Waals surface area contributed by atoms with Gasteiger partial charge in [0.15, 0.2) is 0 Å². The topological polar surface area (TPSA) is 32.3 Å². The Morgan fingerprint density at radius 1 is 1.23 bits per heavy atom. The molecule has 1 aromatic rings. The highest BCUT2D eigenvalue weighted by Gasteiger charge is 2.30. The van der Waals surface area contributed by atoms with Gasteiger partial charge in [-0.1, -0.05) is 12.1 Å². The maximum atomic E-state index is 12.5. The molecule has 0 radical (unpaired) electrons. The minimum atomic E-state index is -4.29. The molecule has 1 saturated heterocycles. The molecule has 1 N–H and O–H groups in total. The summed E-state index contributed by atoms with van der Waals surface area (Å²) < 4.78 is 37.6. The molecule has 0 bridgehead atoms. The summed E-state index contributed by atoms with van der Waals surface area (Å²) in [5.74, 6) is 0.300. The summed E-state index contributed by atoms with van der Waals surface area (Å²) in [5.41, 5.74) is 0.302. The Hall–Kier alpha value is -1.27. The van der Waals surface area contributed by atoms with Crippen molar-refractivity contribution >= 4 is 18.3 Å². The second kappa shape index (κ2) is 7.83. The third-order valence-electron chi connectivity index (χ3n) is 3.89. The van der Waals surface area contributed by atoms with Gasteiger partial charge in [0.25, 0.3) is 0 Å². The zero-order chi connectivity index (χ0) is 15.5. The first kappa shape index (κ1) is 18.8. The van der Waals surface area contributed by atoms with E-state index in [2.05, 4.69) is 5.32 Å². The number of likely N-dealkylation sites (tertiary alicyclic amines) is 1. The number of hydrogen-bond donors (Lipinski definition) is 1. The molecule has 0 unspecified atom stereocenters. The zero-order valence-corrected chi connectivity index (χ0v) is 13.1. The number of likely N-dealkylation sites (N-methyl/N-ethyl adjacent to an activating group) is 1. The first-order chi connectivity index (χ1) is 9.91. The highest BCUT2D eigenvalue weighted by atomic mass is 35.5. The van der Waals surface area contributed by atoms with Gasteiger partial charge in [-0.25, -0.2) is 0 Å². The monoisotopic (exact) mass is 336 g/mol. The number of carbonyl (C=O) groups is 1. The van der Waals surface area contributed by atoms with E-state index in [-0.39, 0.29) is 24.2 Å². The van der Waals surface area contributed by atoms with Crippen LogP contribution < -0.4 is 5.32 Å². The number of piperidine rings is 1. The molecule has 124 valence electrons. The standard InChI is InChI=1S/C15H19F3N2O.ClH/c1-19-10-14(21)20-8-6-12(7-9-20)11-2-4-13(5-3-11)15(16,17)18;/h2-5,12,19H,6-10H2,1H3;1H. The van der Waals surface area contributed by atoms with Gasteiger partial charge in [0, 0.05) is 13.1 Å². The van der Waals surface area contributed by atoms with Gasteiger partial charge in [-0.3, -0.25) is 4.79 Å². The fourth-order valence-electron chi connectivity index (χ4n) is 2.67. The second-order valence-corrected chi connectivity index (χ2v) is 5.31. The lowest BCUT2D eigenvalue weighted by Gasteiger charge is -2.32. The molecule has 0 atom stereocenters. The lowest BCUT2D eigenvalue weighted by Crippen LogP contribution is -2.41. The summed E-state index contributed by atoms with van der Waals surface area (Å²) in [7, 11) is 1.73. The van der Waals surface area contributed by atoms with Crippen LogP contribution in [0.15, 0.2) is 24.3 Å². The van der Waals surface area contributed by atoms with E-state index in [1.165, 1.54) is 0 Å². The number of rotatable bonds is 3. The molecule has 1 aromatic carbocycles. The lowest BCUT2D eigenvalue weighted by molar-refractivity contribution is -0.137. The summed E-state index contributed by atoms with van der Waals surface area (Å²) in [6.07, 6.45) is -2.71. The van der Waals surface area contributed by atoms with E-state index in [9.17, 15) is 18.0 Å². The fraction of sp³-hybridized carbons (Fsp3) is 0.533. The van der Waals surface area contributed by atoms with Crippen molar-refractivity contribution in [3.63, 3.8) is 0 Å². The van der Waals surface area contributed by atoms with Gasteiger partial charge < -0.3 is 10.2 Å². The van der Waals surface area contributed by atoms with E-state index < -0.39 is 11.7 Å². The number of alkyl halides is 3. The van der Waals surface area contributed by atoms with Crippen molar-refractivity contribution in [1.29, 1.82) is 0 Å². The molecule has 2 rings (SSSR count). The van der Waals surface area contributed by atoms with E-state index in [0.29, 0.717) is 19.6 Å². The van der Waals surface area contributed by atoms with Crippen LogP contribution in [0, 0.1) is 0 Å². The number of nitrogens with zero attached hydrogens (tertiary/aromatic N) is 1. The number of benzene rings is 1. The third kappa shape index (κ3) is 4.61. The molecule has 1 amide bonds. The van der Waals surface area contributed by atoms with Crippen molar-refractivity contribution in [1.82, 2.24) is 10.2 Å². The minimum Gasteiger partial charge on any atom is -0.342 e. The Morgan fingerprint density at radius 3 is 2.23 bits per heavy atom. The zero-order valence-electron chi connectivity index (χ0n) is 12.3. The van der Waals surface area contributed by atoms with Crippen LogP contribution in [0.25, 0.3) is 0 Å². The molecular weight excluding hydrogens is 317 g/mol. The van der Waals surface area contributed by atoms with Crippen LogP contribution in [0.3, 0.4) is 0 Å². The molecule has 0 aliphatic carbocycles. The van der Waals surface area contributed by atoms with Gasteiger partial charge in [0.1, 0.15) is 0 Å². The smallest absolute Gasteiger partial charge is 0.342 e. The molecule has 1 fully saturated rings. The molecule has 0 saturated carbocycles. The number of carbonyl (C=O) groups excluding carboxylic acids is 1. The number of halogens is 4. The normalized spacial score (nSPS) is 16.3. The third-order valence-corrected chi connectivity index (χ3v) is 3.89. The van der Waals surface area contributed by atoms with Gasteiger partial charge in [0.05, 0.1) is 12.1 Å². The highest BCUT2D eigenvalue weighted by molar-refractivity contribution is 5.85. The predicted octanol–water partition coefficient (Wildman–Crippen LogP) is 3.05. The van der Waals surface area contributed by atoms with Crippen molar-refractivity contribution in [3.8, 4) is 0 Å². The summed E-state index contributed by atoms with van der Waals surface area (Å²) in [4.78, 5) is 13.5. The summed E-state index contributed by atoms with van der Waals surface area (Å²) in [6.45, 7) is 1.64. The molecule has 1 heterocycles. The highest BCUT2D eigenvalue weighted by Crippen LogP contribution is 2.32. The van der Waals surface area contributed by atoms with Crippen molar-refractivity contribution in [2.45, 2.75) is 24.9 Å². The van der Waals surface area contributed by atoms with Crippen molar-refractivity contribution in [2.24, 2.45) is 0 Å². The summed E-state index contributed by atoms with van der Waals surface area (Å²) in [5, 5.41) is 2.83. The quantitative estimate of drug-likeness (QED) is 0.920. The van der Waals surface area contributed by atoms with E-state index in [0.717, 1.165) is 30.5 Å². The Labute approximate surface area is 134 Å². The summed E-state index contributed by atoms with van der Waals surface area (Å²) >= 11 is 0. The van der Waals surface area contributed by atoms with Crippen LogP contribution in [-0.4, -0.2) is 37.5 Å². The Bertz CT molecular complexity index is 483. The summed E-state index contributed by atoms with van der Waals surface area (Å²) in [6, 6.07) is 5.37. The van der Waals surface area contributed by atoms with Crippen LogP contribution in [-0.2, 0) is 11.0 Å². The Morgan fingerprint density at radius 2 is 1.77 bits per heavy atom. The first-order valence-corrected chi connectivity index (χ1v) is 7.01. The lowest BCUT2D eigenvalue weighted by atomic mass is 9.89. The number of amides is 1. The van der Waals surface area contributed by atoms with Crippen molar-refractivity contribution in [2.75, 3.05) is 26.7 Å². The van der Waals surface area contributed by atoms with E-state index in [1.807, 2.05) is 0 Å². The maximum Gasteiger partial charge on any atom is 0.416 e. The minimum absolute atomic E-state index is 0. The largest absolute Gasteiger partial charge is 0.416 e. The van der Waals surface area contributed by atoms with Crippen LogP contribution in [0.2, 0.25) is 0 Å². The van der Waals surface area contributed by atoms with Gasteiger partial charge in [-0.15, -0.1) is 12.4 Å². The van der Waals surface area contributed by atoms with Gasteiger partial charge in [-0.05, 0) is 43.5 Å². The number of nitrogens with one attached hydrogen (secondary N) is 1. The Balaban J connectivity index is 0.00000242. The maximum absolute atomic E-state index is 12.5. The SMILES string of the molecule is CNCC(=O)N1CCC(c2ccc(C(F)(F)F)cc2)CC1.Cl. The molecule has 0 spiro atoms. The van der Waals surface area contributed by atoms with E-state index in [1.54, 1.807) is 24.1 Å². The van der Waals surface area contributed by atoms with E-state index >= 15 is 0 Å². The van der Waals surface area contributed by atoms with Gasteiger partial charge in [0.2, 0.25) is 5.91 Å². The predicted molar refractivity (Wildman–Crippen MR) is 81.2 cm³/mol. The van der Waals surface area contributed by atoms with Crippen LogP contribution >= 0.6 is 12.4 Å². The van der Waals surface area contributed by atoms with Crippen LogP contribution in [0.5, 0.6) is 0 Å². The molecule has 0 aromatic heterocycles. The fourth-order valence-corrected chi connectivity index (χ4v) is 2.67. The Kier molecular flexibility index (Phi) is 6.68. The molecule has 3 nitrogen and oxygen atoms in total. The second-order valence-electron chi connectivity index (χ2n) is 5.31. The van der Waals surface area contributed by atoms with Crippen molar-refractivity contribution < 1.29 is 18.0 Å². The molecular formula is C15H20ClF3N2O. The molecule has 1 aliphatic rings. The molecule has 1 aliphatic heterocycles. The first-order valence-electron chi connectivity index (χ1n) is 7.01. The van der Waals surface area contributed by atoms with Crippen LogP contribution in [0.4, 0.5) is 13.2 Å². The average Bonchev–Trinajstić information content (AvgIpc) is 2.47. The molecule has 7 heteroatoms. The van der Waals surface area contributed by atoms with Crippen molar-refractivity contribution in [3.05, 3.63) is 35.4 Å².